The van der Waals surface area contributed by atoms with E-state index in [4.69, 9.17) is 0 Å². The fourth-order valence-corrected chi connectivity index (χ4v) is 3.98. The fraction of sp³-hybridized carbons (Fsp3) is 0.333. The minimum Gasteiger partial charge on any atom is -0.346 e. The molecular weight excluding hydrogens is 304 g/mol. The number of para-hydroxylation sites is 1. The highest BCUT2D eigenvalue weighted by Crippen LogP contribution is 2.23. The molecule has 0 atom stereocenters. The molecule has 4 rings (SSSR count). The van der Waals surface area contributed by atoms with Gasteiger partial charge in [-0.1, -0.05) is 24.3 Å². The van der Waals surface area contributed by atoms with Crippen molar-refractivity contribution in [1.82, 2.24) is 14.9 Å². The van der Waals surface area contributed by atoms with E-state index < -0.39 is 0 Å². The predicted molar refractivity (Wildman–Crippen MR) is 96.1 cm³/mol. The van der Waals surface area contributed by atoms with Gasteiger partial charge in [-0.25, -0.2) is 4.98 Å². The number of rotatable bonds is 3. The second-order valence-corrected chi connectivity index (χ2v) is 6.86. The van der Waals surface area contributed by atoms with Crippen molar-refractivity contribution in [1.29, 1.82) is 0 Å². The number of hydrogen-bond acceptors (Lipinski definition) is 5. The van der Waals surface area contributed by atoms with E-state index >= 15 is 0 Å². The maximum atomic E-state index is 4.60. The summed E-state index contributed by atoms with van der Waals surface area (Å²) in [5.74, 6) is 0. The molecular formula is C18H20N4S. The molecule has 0 N–H and O–H groups in total. The smallest absolute Gasteiger partial charge is 0.185 e. The number of piperazine rings is 1. The van der Waals surface area contributed by atoms with Gasteiger partial charge < -0.3 is 4.90 Å². The number of pyridine rings is 1. The summed E-state index contributed by atoms with van der Waals surface area (Å²) in [6, 6.07) is 10.6. The number of nitrogens with zero attached hydrogens (tertiary/aromatic N) is 4. The maximum Gasteiger partial charge on any atom is 0.185 e. The van der Waals surface area contributed by atoms with Crippen LogP contribution in [0, 0.1) is 6.92 Å². The molecule has 0 saturated carbocycles. The van der Waals surface area contributed by atoms with E-state index in [1.807, 2.05) is 12.3 Å². The number of aryl methyl sites for hydroxylation is 1. The third-order valence-corrected chi connectivity index (χ3v) is 5.38. The highest BCUT2D eigenvalue weighted by atomic mass is 32.1. The number of hydrogen-bond donors (Lipinski definition) is 0. The lowest BCUT2D eigenvalue weighted by Crippen LogP contribution is -2.46. The molecule has 0 bridgehead atoms. The van der Waals surface area contributed by atoms with E-state index in [1.54, 1.807) is 11.3 Å². The molecule has 118 valence electrons. The number of fused-ring (bicyclic) bond motifs is 1. The van der Waals surface area contributed by atoms with Gasteiger partial charge in [-0.15, -0.1) is 11.3 Å². The number of thiazole rings is 1. The van der Waals surface area contributed by atoms with Crippen LogP contribution in [0.1, 0.15) is 11.3 Å². The van der Waals surface area contributed by atoms with Gasteiger partial charge in [-0.2, -0.15) is 0 Å². The highest BCUT2D eigenvalue weighted by Gasteiger charge is 2.19. The maximum absolute atomic E-state index is 4.60. The quantitative estimate of drug-likeness (QED) is 0.740. The summed E-state index contributed by atoms with van der Waals surface area (Å²) in [5, 5.41) is 4.51. The second kappa shape index (κ2) is 6.26. The second-order valence-electron chi connectivity index (χ2n) is 6.03. The van der Waals surface area contributed by atoms with Crippen molar-refractivity contribution in [3.63, 3.8) is 0 Å². The minimum atomic E-state index is 0.971. The first-order chi connectivity index (χ1) is 11.3. The Hall–Kier alpha value is -1.98. The van der Waals surface area contributed by atoms with Crippen molar-refractivity contribution in [2.45, 2.75) is 13.5 Å². The zero-order valence-corrected chi connectivity index (χ0v) is 14.1. The Morgan fingerprint density at radius 1 is 1.09 bits per heavy atom. The van der Waals surface area contributed by atoms with Gasteiger partial charge in [0.15, 0.2) is 5.13 Å². The Labute approximate surface area is 140 Å². The zero-order chi connectivity index (χ0) is 15.6. The molecule has 3 heterocycles. The van der Waals surface area contributed by atoms with E-state index in [-0.39, 0.29) is 0 Å². The zero-order valence-electron chi connectivity index (χ0n) is 13.3. The molecule has 1 aliphatic rings. The summed E-state index contributed by atoms with van der Waals surface area (Å²) in [5.41, 5.74) is 3.57. The molecule has 1 aliphatic heterocycles. The molecule has 0 aliphatic carbocycles. The van der Waals surface area contributed by atoms with Crippen molar-refractivity contribution < 1.29 is 0 Å². The third kappa shape index (κ3) is 3.07. The average Bonchev–Trinajstić information content (AvgIpc) is 3.02. The molecule has 23 heavy (non-hydrogen) atoms. The van der Waals surface area contributed by atoms with Crippen LogP contribution in [0.4, 0.5) is 5.13 Å². The van der Waals surface area contributed by atoms with Gasteiger partial charge in [0.25, 0.3) is 0 Å². The molecule has 4 nitrogen and oxygen atoms in total. The average molecular weight is 324 g/mol. The van der Waals surface area contributed by atoms with Crippen molar-refractivity contribution in [3.8, 4) is 0 Å². The highest BCUT2D eigenvalue weighted by molar-refractivity contribution is 7.13. The number of anilines is 1. The minimum absolute atomic E-state index is 0.971. The van der Waals surface area contributed by atoms with Gasteiger partial charge >= 0.3 is 0 Å². The Balaban J connectivity index is 1.44. The molecule has 0 spiro atoms. The molecule has 3 aromatic rings. The van der Waals surface area contributed by atoms with Crippen LogP contribution in [0.25, 0.3) is 10.9 Å². The Morgan fingerprint density at radius 3 is 2.70 bits per heavy atom. The van der Waals surface area contributed by atoms with E-state index in [2.05, 4.69) is 56.3 Å². The standard InChI is InChI=1S/C18H20N4S/c1-14-13-23-18(20-14)22-10-8-21(9-11-22)12-16-5-2-4-15-6-3-7-19-17(15)16/h2-7,13H,8-12H2,1H3. The SMILES string of the molecule is Cc1csc(N2CCN(Cc3cccc4cccnc34)CC2)n1. The molecule has 0 radical (unpaired) electrons. The first-order valence-corrected chi connectivity index (χ1v) is 8.89. The van der Waals surface area contributed by atoms with Crippen LogP contribution in [-0.4, -0.2) is 41.0 Å². The van der Waals surface area contributed by atoms with Gasteiger partial charge in [0.2, 0.25) is 0 Å². The van der Waals surface area contributed by atoms with Crippen LogP contribution >= 0.6 is 11.3 Å². The van der Waals surface area contributed by atoms with Gasteiger partial charge in [0.1, 0.15) is 0 Å². The molecule has 1 fully saturated rings. The third-order valence-electron chi connectivity index (χ3n) is 4.36. The van der Waals surface area contributed by atoms with Gasteiger partial charge in [0, 0.05) is 49.7 Å². The Bertz CT molecular complexity index is 800. The molecule has 1 aromatic carbocycles. The number of aromatic nitrogens is 2. The largest absolute Gasteiger partial charge is 0.346 e. The summed E-state index contributed by atoms with van der Waals surface area (Å²) < 4.78 is 0. The van der Waals surface area contributed by atoms with Crippen molar-refractivity contribution in [2.75, 3.05) is 31.1 Å². The van der Waals surface area contributed by atoms with Crippen molar-refractivity contribution in [2.24, 2.45) is 0 Å². The summed E-state index contributed by atoms with van der Waals surface area (Å²) in [6.07, 6.45) is 1.88. The lowest BCUT2D eigenvalue weighted by atomic mass is 10.1. The van der Waals surface area contributed by atoms with Crippen LogP contribution in [0.15, 0.2) is 41.9 Å². The topological polar surface area (TPSA) is 32.3 Å². The van der Waals surface area contributed by atoms with E-state index in [9.17, 15) is 0 Å². The first-order valence-electron chi connectivity index (χ1n) is 8.02. The lowest BCUT2D eigenvalue weighted by Gasteiger charge is -2.34. The Morgan fingerprint density at radius 2 is 1.91 bits per heavy atom. The van der Waals surface area contributed by atoms with E-state index in [0.29, 0.717) is 0 Å². The van der Waals surface area contributed by atoms with Crippen molar-refractivity contribution in [3.05, 3.63) is 53.2 Å². The molecule has 1 saturated heterocycles. The van der Waals surface area contributed by atoms with Gasteiger partial charge in [-0.3, -0.25) is 9.88 Å². The van der Waals surface area contributed by atoms with Gasteiger partial charge in [-0.05, 0) is 18.6 Å². The number of benzene rings is 1. The van der Waals surface area contributed by atoms with Crippen molar-refractivity contribution >= 4 is 27.4 Å². The molecule has 2 aromatic heterocycles. The monoisotopic (exact) mass is 324 g/mol. The van der Waals surface area contributed by atoms with Crippen LogP contribution in [0.3, 0.4) is 0 Å². The van der Waals surface area contributed by atoms with E-state index in [1.165, 1.54) is 10.9 Å². The summed E-state index contributed by atoms with van der Waals surface area (Å²) in [4.78, 5) is 14.1. The molecule has 5 heteroatoms. The Kier molecular flexibility index (Phi) is 3.97. The molecule has 0 unspecified atom stereocenters. The fourth-order valence-electron chi connectivity index (χ4n) is 3.12. The molecule has 0 amide bonds. The van der Waals surface area contributed by atoms with Crippen LogP contribution < -0.4 is 4.90 Å². The normalized spacial score (nSPS) is 16.1. The summed E-state index contributed by atoms with van der Waals surface area (Å²) in [6.45, 7) is 7.27. The first kappa shape index (κ1) is 14.6. The van der Waals surface area contributed by atoms with Crippen LogP contribution in [0.5, 0.6) is 0 Å². The lowest BCUT2D eigenvalue weighted by molar-refractivity contribution is 0.250. The summed E-state index contributed by atoms with van der Waals surface area (Å²) >= 11 is 1.75. The van der Waals surface area contributed by atoms with Crippen LogP contribution in [-0.2, 0) is 6.54 Å². The summed E-state index contributed by atoms with van der Waals surface area (Å²) in [7, 11) is 0. The predicted octanol–water partition coefficient (Wildman–Crippen LogP) is 3.32. The van der Waals surface area contributed by atoms with Gasteiger partial charge in [0.05, 0.1) is 11.2 Å². The van der Waals surface area contributed by atoms with Crippen LogP contribution in [0.2, 0.25) is 0 Å². The van der Waals surface area contributed by atoms with E-state index in [0.717, 1.165) is 49.1 Å².